The molecule has 0 fully saturated rings. The predicted octanol–water partition coefficient (Wildman–Crippen LogP) is -0.350. The van der Waals surface area contributed by atoms with Gasteiger partial charge in [0.25, 0.3) is 11.7 Å². The maximum absolute atomic E-state index is 11.3. The Balaban J connectivity index is 2.64. The number of carbonyl (C=O) groups is 2. The van der Waals surface area contributed by atoms with Crippen LogP contribution < -0.4 is 10.7 Å². The summed E-state index contributed by atoms with van der Waals surface area (Å²) < 4.78 is 0. The van der Waals surface area contributed by atoms with Gasteiger partial charge in [-0.1, -0.05) is 0 Å². The summed E-state index contributed by atoms with van der Waals surface area (Å²) in [6.45, 7) is 0. The topological polar surface area (TPSA) is 90.1 Å². The van der Waals surface area contributed by atoms with Crippen molar-refractivity contribution in [2.75, 3.05) is 0 Å². The van der Waals surface area contributed by atoms with Crippen LogP contribution in [0.15, 0.2) is 24.7 Å². The minimum atomic E-state index is -0.949. The maximum atomic E-state index is 11.3. The lowest BCUT2D eigenvalue weighted by Crippen LogP contribution is -2.22. The maximum Gasteiger partial charge on any atom is 0.289 e. The van der Waals surface area contributed by atoms with Crippen LogP contribution in [-0.2, 0) is 4.79 Å². The van der Waals surface area contributed by atoms with Gasteiger partial charge in [0.05, 0.1) is 16.5 Å². The van der Waals surface area contributed by atoms with Gasteiger partial charge in [0.1, 0.15) is 0 Å². The number of pyridine rings is 1. The van der Waals surface area contributed by atoms with Crippen molar-refractivity contribution in [2.45, 2.75) is 0 Å². The third-order valence-corrected chi connectivity index (χ3v) is 1.99. The lowest BCUT2D eigenvalue weighted by atomic mass is 10.1. The average molecular weight is 190 g/mol. The SMILES string of the molecule is NC(=O)C(=O)c1c[nH]c2cc[nH+]cc12. The molecule has 5 nitrogen and oxygen atoms in total. The van der Waals surface area contributed by atoms with Crippen LogP contribution in [0.25, 0.3) is 10.9 Å². The molecule has 0 aromatic carbocycles. The van der Waals surface area contributed by atoms with E-state index in [0.717, 1.165) is 5.52 Å². The van der Waals surface area contributed by atoms with E-state index in [-0.39, 0.29) is 0 Å². The van der Waals surface area contributed by atoms with Gasteiger partial charge in [-0.25, -0.2) is 4.98 Å². The summed E-state index contributed by atoms with van der Waals surface area (Å²) in [4.78, 5) is 27.7. The fraction of sp³-hybridized carbons (Fsp3) is 0. The standard InChI is InChI=1S/C9H7N3O2/c10-9(14)8(13)6-4-12-7-1-2-11-3-5(6)7/h1-4,12H,(H2,10,14)/p+1. The van der Waals surface area contributed by atoms with Gasteiger partial charge < -0.3 is 10.7 Å². The van der Waals surface area contributed by atoms with Crippen LogP contribution >= 0.6 is 0 Å². The summed E-state index contributed by atoms with van der Waals surface area (Å²) in [6, 6.07) is 1.77. The lowest BCUT2D eigenvalue weighted by Gasteiger charge is -1.90. The van der Waals surface area contributed by atoms with Crippen molar-refractivity contribution in [3.63, 3.8) is 0 Å². The van der Waals surface area contributed by atoms with Gasteiger partial charge in [0.2, 0.25) is 0 Å². The highest BCUT2D eigenvalue weighted by Crippen LogP contribution is 2.15. The highest BCUT2D eigenvalue weighted by atomic mass is 16.2. The third-order valence-electron chi connectivity index (χ3n) is 1.99. The fourth-order valence-corrected chi connectivity index (χ4v) is 1.33. The second kappa shape index (κ2) is 2.95. The van der Waals surface area contributed by atoms with Gasteiger partial charge in [0, 0.05) is 12.3 Å². The van der Waals surface area contributed by atoms with Crippen molar-refractivity contribution >= 4 is 22.6 Å². The van der Waals surface area contributed by atoms with Crippen LogP contribution in [0.3, 0.4) is 0 Å². The van der Waals surface area contributed by atoms with Crippen LogP contribution in [0.1, 0.15) is 10.4 Å². The van der Waals surface area contributed by atoms with Crippen LogP contribution in [0.2, 0.25) is 0 Å². The van der Waals surface area contributed by atoms with Gasteiger partial charge in [-0.3, -0.25) is 9.59 Å². The van der Waals surface area contributed by atoms with Gasteiger partial charge in [0.15, 0.2) is 12.4 Å². The summed E-state index contributed by atoms with van der Waals surface area (Å²) in [5, 5.41) is 0.663. The van der Waals surface area contributed by atoms with E-state index in [1.54, 1.807) is 18.5 Å². The number of rotatable bonds is 2. The molecule has 2 aromatic heterocycles. The van der Waals surface area contributed by atoms with Crippen molar-refractivity contribution in [1.82, 2.24) is 4.98 Å². The Morgan fingerprint density at radius 1 is 1.43 bits per heavy atom. The fourth-order valence-electron chi connectivity index (χ4n) is 1.33. The third kappa shape index (κ3) is 1.15. The minimum Gasteiger partial charge on any atom is -0.363 e. The summed E-state index contributed by atoms with van der Waals surface area (Å²) in [7, 11) is 0. The first-order chi connectivity index (χ1) is 6.70. The molecule has 14 heavy (non-hydrogen) atoms. The quantitative estimate of drug-likeness (QED) is 0.500. The lowest BCUT2D eigenvalue weighted by molar-refractivity contribution is -0.375. The number of nitrogens with two attached hydrogens (primary N) is 1. The van der Waals surface area contributed by atoms with E-state index in [9.17, 15) is 9.59 Å². The molecule has 2 heterocycles. The van der Waals surface area contributed by atoms with Crippen molar-refractivity contribution in [2.24, 2.45) is 5.73 Å². The molecule has 4 N–H and O–H groups in total. The largest absolute Gasteiger partial charge is 0.363 e. The van der Waals surface area contributed by atoms with E-state index < -0.39 is 11.7 Å². The number of hydrogen-bond acceptors (Lipinski definition) is 2. The van der Waals surface area contributed by atoms with Crippen molar-refractivity contribution in [3.05, 3.63) is 30.2 Å². The molecule has 5 heteroatoms. The van der Waals surface area contributed by atoms with Gasteiger partial charge in [-0.15, -0.1) is 0 Å². The van der Waals surface area contributed by atoms with E-state index in [1.165, 1.54) is 6.20 Å². The number of nitrogens with one attached hydrogen (secondary N) is 2. The van der Waals surface area contributed by atoms with E-state index in [2.05, 4.69) is 9.97 Å². The van der Waals surface area contributed by atoms with E-state index in [1.807, 2.05) is 0 Å². The van der Waals surface area contributed by atoms with E-state index in [4.69, 9.17) is 5.73 Å². The summed E-state index contributed by atoms with van der Waals surface area (Å²) in [6.07, 6.45) is 4.84. The predicted molar refractivity (Wildman–Crippen MR) is 48.4 cm³/mol. The molecule has 2 aromatic rings. The number of aromatic nitrogens is 2. The zero-order chi connectivity index (χ0) is 10.1. The molecule has 0 unspecified atom stereocenters. The summed E-state index contributed by atoms with van der Waals surface area (Å²) >= 11 is 0. The van der Waals surface area contributed by atoms with Crippen molar-refractivity contribution in [1.29, 1.82) is 0 Å². The zero-order valence-electron chi connectivity index (χ0n) is 7.20. The molecule has 1 amide bonds. The first-order valence-electron chi connectivity index (χ1n) is 4.01. The monoisotopic (exact) mass is 190 g/mol. The number of ketones is 1. The number of amides is 1. The number of aromatic amines is 2. The highest BCUT2D eigenvalue weighted by molar-refractivity contribution is 6.44. The number of Topliss-reactive ketones (excluding diaryl/α,β-unsaturated/α-hetero) is 1. The molecule has 0 bridgehead atoms. The first kappa shape index (κ1) is 8.43. The number of H-pyrrole nitrogens is 2. The first-order valence-corrected chi connectivity index (χ1v) is 4.01. The van der Waals surface area contributed by atoms with E-state index in [0.29, 0.717) is 10.9 Å². The second-order valence-corrected chi connectivity index (χ2v) is 2.87. The Kier molecular flexibility index (Phi) is 1.78. The summed E-state index contributed by atoms with van der Waals surface area (Å²) in [5.74, 6) is -1.63. The van der Waals surface area contributed by atoms with E-state index >= 15 is 0 Å². The molecule has 0 saturated carbocycles. The smallest absolute Gasteiger partial charge is 0.289 e. The molecule has 0 spiro atoms. The number of fused-ring (bicyclic) bond motifs is 1. The van der Waals surface area contributed by atoms with Crippen molar-refractivity contribution in [3.8, 4) is 0 Å². The Bertz CT molecular complexity index is 516. The molecule has 0 atom stereocenters. The Hall–Kier alpha value is -2.17. The molecule has 0 aliphatic carbocycles. The molecule has 0 aliphatic rings. The van der Waals surface area contributed by atoms with Gasteiger partial charge in [-0.05, 0) is 0 Å². The van der Waals surface area contributed by atoms with Crippen LogP contribution in [0.4, 0.5) is 0 Å². The molecular weight excluding hydrogens is 182 g/mol. The van der Waals surface area contributed by atoms with Gasteiger partial charge >= 0.3 is 0 Å². The van der Waals surface area contributed by atoms with Crippen molar-refractivity contribution < 1.29 is 14.6 Å². The molecule has 0 aliphatic heterocycles. The molecule has 2 rings (SSSR count). The highest BCUT2D eigenvalue weighted by Gasteiger charge is 2.17. The molecule has 0 radical (unpaired) electrons. The molecule has 0 saturated heterocycles. The molecular formula is C9H8N3O2+. The average Bonchev–Trinajstić information content (AvgIpc) is 2.60. The van der Waals surface area contributed by atoms with Gasteiger partial charge in [-0.2, -0.15) is 0 Å². The normalized spacial score (nSPS) is 10.3. The van der Waals surface area contributed by atoms with Crippen LogP contribution in [0.5, 0.6) is 0 Å². The number of primary amides is 1. The second-order valence-electron chi connectivity index (χ2n) is 2.87. The molecule has 70 valence electrons. The zero-order valence-corrected chi connectivity index (χ0v) is 7.20. The number of carbonyl (C=O) groups excluding carboxylic acids is 2. The van der Waals surface area contributed by atoms with Crippen LogP contribution in [-0.4, -0.2) is 16.7 Å². The van der Waals surface area contributed by atoms with Crippen LogP contribution in [0, 0.1) is 0 Å². The Morgan fingerprint density at radius 3 is 2.93 bits per heavy atom. The Morgan fingerprint density at radius 2 is 2.21 bits per heavy atom. The minimum absolute atomic E-state index is 0.296. The summed E-state index contributed by atoms with van der Waals surface area (Å²) in [5.41, 5.74) is 5.99. The Labute approximate surface area is 78.9 Å². The number of hydrogen-bond donors (Lipinski definition) is 2.